The highest BCUT2D eigenvalue weighted by molar-refractivity contribution is 6.36. The highest BCUT2D eigenvalue weighted by Crippen LogP contribution is 2.46. The Hall–Kier alpha value is -2.48. The lowest BCUT2D eigenvalue weighted by molar-refractivity contribution is -0.139. The van der Waals surface area contributed by atoms with E-state index in [9.17, 15) is 14.7 Å². The van der Waals surface area contributed by atoms with Crippen LogP contribution >= 0.6 is 23.2 Å². The van der Waals surface area contributed by atoms with Crippen LogP contribution in [0, 0.1) is 0 Å². The van der Waals surface area contributed by atoms with Gasteiger partial charge in [-0.1, -0.05) is 29.3 Å². The van der Waals surface area contributed by atoms with E-state index >= 15 is 0 Å². The second-order valence-corrected chi connectivity index (χ2v) is 6.41. The zero-order chi connectivity index (χ0) is 19.7. The van der Waals surface area contributed by atoms with E-state index in [2.05, 4.69) is 0 Å². The van der Waals surface area contributed by atoms with Crippen molar-refractivity contribution in [3.63, 3.8) is 0 Å². The Kier molecular flexibility index (Phi) is 5.46. The van der Waals surface area contributed by atoms with Gasteiger partial charge in [-0.05, 0) is 19.1 Å². The molecule has 1 aliphatic heterocycles. The van der Waals surface area contributed by atoms with Crippen LogP contribution in [0.4, 0.5) is 0 Å². The van der Waals surface area contributed by atoms with E-state index in [1.165, 1.54) is 0 Å². The molecule has 0 amide bonds. The molecule has 0 saturated carbocycles. The lowest BCUT2D eigenvalue weighted by Gasteiger charge is -2.27. The van der Waals surface area contributed by atoms with Crippen molar-refractivity contribution in [3.8, 4) is 5.75 Å². The van der Waals surface area contributed by atoms with E-state index in [1.807, 2.05) is 0 Å². The van der Waals surface area contributed by atoms with Crippen molar-refractivity contribution in [2.75, 3.05) is 6.61 Å². The largest absolute Gasteiger partial charge is 0.462 e. The SMILES string of the molecule is CCOC(=O)C1=C(N)Oc2c(oc(CO)cc2=O)C1c1c(Cl)cccc1Cl. The fourth-order valence-electron chi connectivity index (χ4n) is 2.85. The number of esters is 1. The van der Waals surface area contributed by atoms with Gasteiger partial charge in [-0.25, -0.2) is 4.79 Å². The summed E-state index contributed by atoms with van der Waals surface area (Å²) in [5.41, 5.74) is 5.56. The number of aliphatic hydroxyl groups excluding tert-OH is 1. The van der Waals surface area contributed by atoms with E-state index in [0.29, 0.717) is 5.56 Å². The zero-order valence-corrected chi connectivity index (χ0v) is 15.6. The molecule has 0 spiro atoms. The number of benzene rings is 1. The van der Waals surface area contributed by atoms with Gasteiger partial charge in [0.15, 0.2) is 5.76 Å². The number of fused-ring (bicyclic) bond motifs is 1. The van der Waals surface area contributed by atoms with Crippen molar-refractivity contribution in [2.24, 2.45) is 5.73 Å². The van der Waals surface area contributed by atoms with Crippen LogP contribution in [0.5, 0.6) is 5.75 Å². The maximum Gasteiger partial charge on any atom is 0.340 e. The Morgan fingerprint density at radius 1 is 1.33 bits per heavy atom. The first kappa shape index (κ1) is 19.3. The number of ether oxygens (including phenoxy) is 2. The van der Waals surface area contributed by atoms with Crippen molar-refractivity contribution in [3.05, 3.63) is 73.1 Å². The minimum Gasteiger partial charge on any atom is -0.462 e. The summed E-state index contributed by atoms with van der Waals surface area (Å²) >= 11 is 12.7. The zero-order valence-electron chi connectivity index (χ0n) is 14.1. The first-order chi connectivity index (χ1) is 12.9. The standard InChI is InChI=1S/C18H15Cl2NO6/c1-2-25-18(24)14-13(12-9(19)4-3-5-10(12)20)16-15(27-17(14)21)11(23)6-8(7-22)26-16/h3-6,13,22H,2,7,21H2,1H3. The van der Waals surface area contributed by atoms with Crippen LogP contribution in [0.3, 0.4) is 0 Å². The summed E-state index contributed by atoms with van der Waals surface area (Å²) in [7, 11) is 0. The molecule has 0 aliphatic carbocycles. The molecular weight excluding hydrogens is 397 g/mol. The van der Waals surface area contributed by atoms with Crippen molar-refractivity contribution in [1.82, 2.24) is 0 Å². The average Bonchev–Trinajstić information content (AvgIpc) is 2.62. The number of aliphatic hydroxyl groups is 1. The number of carbonyl (C=O) groups is 1. The Morgan fingerprint density at radius 3 is 2.59 bits per heavy atom. The maximum absolute atomic E-state index is 12.6. The molecular formula is C18H15Cl2NO6. The number of halogens is 2. The van der Waals surface area contributed by atoms with Crippen molar-refractivity contribution in [2.45, 2.75) is 19.4 Å². The van der Waals surface area contributed by atoms with Crippen LogP contribution in [-0.4, -0.2) is 17.7 Å². The van der Waals surface area contributed by atoms with Gasteiger partial charge in [-0.3, -0.25) is 4.79 Å². The Balaban J connectivity index is 2.35. The molecule has 1 aromatic heterocycles. The molecule has 2 aromatic rings. The van der Waals surface area contributed by atoms with Crippen LogP contribution in [-0.2, 0) is 16.1 Å². The second kappa shape index (κ2) is 7.64. The van der Waals surface area contributed by atoms with Gasteiger partial charge in [0.1, 0.15) is 17.9 Å². The third kappa shape index (κ3) is 3.41. The molecule has 1 atom stereocenters. The molecule has 27 heavy (non-hydrogen) atoms. The molecule has 0 fully saturated rings. The molecule has 2 heterocycles. The fourth-order valence-corrected chi connectivity index (χ4v) is 3.46. The number of hydrogen-bond acceptors (Lipinski definition) is 7. The smallest absolute Gasteiger partial charge is 0.340 e. The topological polar surface area (TPSA) is 112 Å². The quantitative estimate of drug-likeness (QED) is 0.743. The number of nitrogens with two attached hydrogens (primary N) is 1. The molecule has 7 nitrogen and oxygen atoms in total. The predicted molar refractivity (Wildman–Crippen MR) is 97.7 cm³/mol. The summed E-state index contributed by atoms with van der Waals surface area (Å²) in [6, 6.07) is 5.86. The highest BCUT2D eigenvalue weighted by Gasteiger charge is 2.41. The van der Waals surface area contributed by atoms with Gasteiger partial charge in [-0.2, -0.15) is 0 Å². The van der Waals surface area contributed by atoms with Crippen molar-refractivity contribution in [1.29, 1.82) is 0 Å². The Bertz CT molecular complexity index is 978. The normalized spacial score (nSPS) is 15.9. The molecule has 1 aromatic carbocycles. The fraction of sp³-hybridized carbons (Fsp3) is 0.222. The summed E-state index contributed by atoms with van der Waals surface area (Å²) in [6.07, 6.45) is 0. The number of rotatable bonds is 4. The summed E-state index contributed by atoms with van der Waals surface area (Å²) < 4.78 is 16.1. The maximum atomic E-state index is 12.6. The summed E-state index contributed by atoms with van der Waals surface area (Å²) in [5, 5.41) is 9.84. The summed E-state index contributed by atoms with van der Waals surface area (Å²) in [4.78, 5) is 25.0. The molecule has 9 heteroatoms. The lowest BCUT2D eigenvalue weighted by atomic mass is 9.86. The van der Waals surface area contributed by atoms with E-state index in [0.717, 1.165) is 6.07 Å². The second-order valence-electron chi connectivity index (χ2n) is 5.60. The van der Waals surface area contributed by atoms with E-state index in [-0.39, 0.29) is 45.4 Å². The lowest BCUT2D eigenvalue weighted by Crippen LogP contribution is -2.30. The van der Waals surface area contributed by atoms with Gasteiger partial charge in [0.2, 0.25) is 17.1 Å². The van der Waals surface area contributed by atoms with Crippen LogP contribution in [0.15, 0.2) is 44.9 Å². The van der Waals surface area contributed by atoms with E-state index < -0.39 is 23.9 Å². The van der Waals surface area contributed by atoms with Gasteiger partial charge in [0.25, 0.3) is 0 Å². The van der Waals surface area contributed by atoms with Gasteiger partial charge in [0, 0.05) is 21.7 Å². The van der Waals surface area contributed by atoms with Gasteiger partial charge >= 0.3 is 5.97 Å². The van der Waals surface area contributed by atoms with Crippen molar-refractivity contribution >= 4 is 29.2 Å². The van der Waals surface area contributed by atoms with E-state index in [4.69, 9.17) is 42.8 Å². The number of hydrogen-bond donors (Lipinski definition) is 2. The predicted octanol–water partition coefficient (Wildman–Crippen LogP) is 2.70. The average molecular weight is 412 g/mol. The van der Waals surface area contributed by atoms with Crippen molar-refractivity contribution < 1.29 is 23.8 Å². The molecule has 0 saturated heterocycles. The van der Waals surface area contributed by atoms with Gasteiger partial charge in [0.05, 0.1) is 12.5 Å². The highest BCUT2D eigenvalue weighted by atomic mass is 35.5. The van der Waals surface area contributed by atoms with Crippen LogP contribution in [0.25, 0.3) is 0 Å². The third-order valence-corrected chi connectivity index (χ3v) is 4.61. The van der Waals surface area contributed by atoms with Crippen LogP contribution < -0.4 is 15.9 Å². The van der Waals surface area contributed by atoms with Gasteiger partial charge in [-0.15, -0.1) is 0 Å². The minimum atomic E-state index is -1.05. The molecule has 0 radical (unpaired) electrons. The molecule has 3 N–H and O–H groups in total. The monoisotopic (exact) mass is 411 g/mol. The van der Waals surface area contributed by atoms with Crippen LogP contribution in [0.1, 0.15) is 29.9 Å². The van der Waals surface area contributed by atoms with Gasteiger partial charge < -0.3 is 24.7 Å². The third-order valence-electron chi connectivity index (χ3n) is 3.95. The summed E-state index contributed by atoms with van der Waals surface area (Å²) in [5.74, 6) is -2.39. The molecule has 142 valence electrons. The van der Waals surface area contributed by atoms with E-state index in [1.54, 1.807) is 25.1 Å². The molecule has 3 rings (SSSR count). The van der Waals surface area contributed by atoms with Crippen LogP contribution in [0.2, 0.25) is 10.0 Å². The summed E-state index contributed by atoms with van der Waals surface area (Å²) in [6.45, 7) is 1.19. The Morgan fingerprint density at radius 2 is 2.00 bits per heavy atom. The first-order valence-electron chi connectivity index (χ1n) is 7.95. The first-order valence-corrected chi connectivity index (χ1v) is 8.70. The number of carbonyl (C=O) groups excluding carboxylic acids is 1. The Labute approximate surface area is 163 Å². The molecule has 1 aliphatic rings. The molecule has 0 bridgehead atoms. The molecule has 1 unspecified atom stereocenters. The minimum absolute atomic E-state index is 0.0146.